The van der Waals surface area contributed by atoms with E-state index in [1.54, 1.807) is 0 Å². The van der Waals surface area contributed by atoms with Gasteiger partial charge in [0.25, 0.3) is 0 Å². The number of anilines is 1. The lowest BCUT2D eigenvalue weighted by atomic mass is 9.82. The average molecular weight is 385 g/mol. The minimum Gasteiger partial charge on any atom is -0.341 e. The summed E-state index contributed by atoms with van der Waals surface area (Å²) in [6.45, 7) is 1.77. The van der Waals surface area contributed by atoms with Crippen LogP contribution < -0.4 is 11.1 Å². The van der Waals surface area contributed by atoms with Crippen molar-refractivity contribution in [2.75, 3.05) is 18.4 Å². The van der Waals surface area contributed by atoms with Crippen LogP contribution in [0.2, 0.25) is 0 Å². The largest absolute Gasteiger partial charge is 0.341 e. The Morgan fingerprint density at radius 1 is 1.08 bits per heavy atom. The monoisotopic (exact) mass is 384 g/mol. The second-order valence-corrected chi connectivity index (χ2v) is 7.23. The van der Waals surface area contributed by atoms with Crippen LogP contribution in [-0.4, -0.2) is 50.1 Å². The van der Waals surface area contributed by atoms with Crippen LogP contribution in [0.3, 0.4) is 0 Å². The third kappa shape index (κ3) is 5.17. The Morgan fingerprint density at radius 2 is 1.69 bits per heavy atom. The van der Waals surface area contributed by atoms with Crippen molar-refractivity contribution in [1.29, 1.82) is 0 Å². The molecule has 2 amide bonds. The molecule has 9 heteroatoms. The van der Waals surface area contributed by atoms with Crippen LogP contribution in [0.1, 0.15) is 57.8 Å². The van der Waals surface area contributed by atoms with E-state index in [0.717, 1.165) is 45.2 Å². The van der Waals surface area contributed by atoms with Gasteiger partial charge >= 0.3 is 0 Å². The molecular weight excluding hydrogens is 356 g/mol. The van der Waals surface area contributed by atoms with E-state index in [-0.39, 0.29) is 36.7 Å². The summed E-state index contributed by atoms with van der Waals surface area (Å²) < 4.78 is 1.48. The van der Waals surface area contributed by atoms with Crippen LogP contribution in [0.5, 0.6) is 0 Å². The Labute approximate surface area is 160 Å². The fourth-order valence-corrected chi connectivity index (χ4v) is 3.62. The number of nitrogens with one attached hydrogen (secondary N) is 1. The Morgan fingerprint density at radius 3 is 2.35 bits per heavy atom. The second kappa shape index (κ2) is 9.32. The van der Waals surface area contributed by atoms with E-state index in [4.69, 9.17) is 5.73 Å². The molecule has 3 N–H and O–H groups in total. The minimum atomic E-state index is -0.828. The smallest absolute Gasteiger partial charge is 0.248 e. The lowest BCUT2D eigenvalue weighted by molar-refractivity contribution is -0.132. The van der Waals surface area contributed by atoms with Crippen molar-refractivity contribution in [3.8, 4) is 0 Å². The number of aromatic nitrogens is 3. The Hall–Kier alpha value is -1.67. The van der Waals surface area contributed by atoms with Gasteiger partial charge in [-0.05, 0) is 25.7 Å². The van der Waals surface area contributed by atoms with Gasteiger partial charge in [0.2, 0.25) is 17.8 Å². The van der Waals surface area contributed by atoms with Crippen molar-refractivity contribution < 1.29 is 9.59 Å². The third-order valence-electron chi connectivity index (χ3n) is 5.22. The van der Waals surface area contributed by atoms with E-state index in [2.05, 4.69) is 15.4 Å². The first-order valence-corrected chi connectivity index (χ1v) is 9.34. The van der Waals surface area contributed by atoms with Crippen LogP contribution in [0.15, 0.2) is 6.33 Å². The van der Waals surface area contributed by atoms with Crippen molar-refractivity contribution in [3.05, 3.63) is 6.33 Å². The standard InChI is InChI=1S/C17H28N6O2.ClH/c18-17(8-4-3-5-9-17)15(25)20-16-19-13-23(21-16)12-14(24)22-10-6-1-2-7-11-22;/h13H,1-12,18H2,(H,20,21,25);1H. The second-order valence-electron chi connectivity index (χ2n) is 7.23. The lowest BCUT2D eigenvalue weighted by Crippen LogP contribution is -2.52. The van der Waals surface area contributed by atoms with E-state index in [9.17, 15) is 9.59 Å². The average Bonchev–Trinajstić information content (AvgIpc) is 2.86. The van der Waals surface area contributed by atoms with Crippen molar-refractivity contribution in [3.63, 3.8) is 0 Å². The molecule has 0 aromatic carbocycles. The quantitative estimate of drug-likeness (QED) is 0.821. The molecule has 2 heterocycles. The van der Waals surface area contributed by atoms with Crippen molar-refractivity contribution in [2.45, 2.75) is 69.9 Å². The van der Waals surface area contributed by atoms with Crippen molar-refractivity contribution >= 4 is 30.2 Å². The van der Waals surface area contributed by atoms with Crippen LogP contribution in [0.4, 0.5) is 5.95 Å². The predicted molar refractivity (Wildman–Crippen MR) is 101 cm³/mol. The topological polar surface area (TPSA) is 106 Å². The molecule has 0 atom stereocenters. The van der Waals surface area contributed by atoms with E-state index >= 15 is 0 Å². The van der Waals surface area contributed by atoms with Gasteiger partial charge in [-0.3, -0.25) is 14.9 Å². The molecule has 1 aliphatic heterocycles. The molecule has 146 valence electrons. The highest BCUT2D eigenvalue weighted by Gasteiger charge is 2.35. The number of halogens is 1. The van der Waals surface area contributed by atoms with Gasteiger partial charge in [-0.2, -0.15) is 0 Å². The van der Waals surface area contributed by atoms with Crippen molar-refractivity contribution in [1.82, 2.24) is 19.7 Å². The maximum Gasteiger partial charge on any atom is 0.248 e. The highest BCUT2D eigenvalue weighted by Crippen LogP contribution is 2.26. The van der Waals surface area contributed by atoms with Crippen LogP contribution >= 0.6 is 12.4 Å². The molecular formula is C17H29ClN6O2. The summed E-state index contributed by atoms with van der Waals surface area (Å²) in [5.41, 5.74) is 5.39. The summed E-state index contributed by atoms with van der Waals surface area (Å²) >= 11 is 0. The molecule has 1 aromatic rings. The zero-order valence-corrected chi connectivity index (χ0v) is 16.0. The Kier molecular flexibility index (Phi) is 7.40. The minimum absolute atomic E-state index is 0. The summed E-state index contributed by atoms with van der Waals surface area (Å²) in [5.74, 6) is 0.0279. The van der Waals surface area contributed by atoms with Crippen LogP contribution in [0.25, 0.3) is 0 Å². The first-order valence-electron chi connectivity index (χ1n) is 9.34. The first-order chi connectivity index (χ1) is 12.1. The number of hydrogen-bond donors (Lipinski definition) is 2. The van der Waals surface area contributed by atoms with Gasteiger partial charge < -0.3 is 10.6 Å². The van der Waals surface area contributed by atoms with E-state index in [1.807, 2.05) is 4.90 Å². The van der Waals surface area contributed by atoms with Crippen LogP contribution in [-0.2, 0) is 16.1 Å². The first kappa shape index (κ1) is 20.6. The molecule has 0 bridgehead atoms. The zero-order chi connectivity index (χ0) is 17.7. The predicted octanol–water partition coefficient (Wildman–Crippen LogP) is 1.70. The van der Waals surface area contributed by atoms with Gasteiger partial charge in [-0.25, -0.2) is 9.67 Å². The van der Waals surface area contributed by atoms with E-state index in [1.165, 1.54) is 23.9 Å². The highest BCUT2D eigenvalue weighted by atomic mass is 35.5. The zero-order valence-electron chi connectivity index (χ0n) is 15.2. The fraction of sp³-hybridized carbons (Fsp3) is 0.765. The number of carbonyl (C=O) groups is 2. The van der Waals surface area contributed by atoms with Gasteiger partial charge in [-0.1, -0.05) is 32.1 Å². The van der Waals surface area contributed by atoms with Crippen LogP contribution in [0, 0.1) is 0 Å². The Bertz CT molecular complexity index is 606. The van der Waals surface area contributed by atoms with Gasteiger partial charge in [0.1, 0.15) is 12.9 Å². The Balaban J connectivity index is 0.00000243. The molecule has 2 aliphatic rings. The van der Waals surface area contributed by atoms with Gasteiger partial charge in [0.05, 0.1) is 5.54 Å². The molecule has 2 fully saturated rings. The third-order valence-corrected chi connectivity index (χ3v) is 5.22. The molecule has 26 heavy (non-hydrogen) atoms. The number of rotatable bonds is 4. The number of nitrogens with zero attached hydrogens (tertiary/aromatic N) is 4. The molecule has 8 nitrogen and oxygen atoms in total. The summed E-state index contributed by atoms with van der Waals surface area (Å²) in [6, 6.07) is 0. The number of hydrogen-bond acceptors (Lipinski definition) is 5. The molecule has 3 rings (SSSR count). The molecule has 1 aliphatic carbocycles. The summed E-state index contributed by atoms with van der Waals surface area (Å²) in [5, 5.41) is 6.91. The van der Waals surface area contributed by atoms with Crippen molar-refractivity contribution in [2.24, 2.45) is 5.73 Å². The molecule has 0 unspecified atom stereocenters. The van der Waals surface area contributed by atoms with E-state index < -0.39 is 5.54 Å². The molecule has 0 spiro atoms. The molecule has 1 saturated carbocycles. The summed E-state index contributed by atoms with van der Waals surface area (Å²) in [6.07, 6.45) is 10.4. The maximum atomic E-state index is 12.4. The number of nitrogens with two attached hydrogens (primary N) is 1. The number of amides is 2. The highest BCUT2D eigenvalue weighted by molar-refractivity contribution is 5.96. The number of carbonyl (C=O) groups excluding carboxylic acids is 2. The lowest BCUT2D eigenvalue weighted by Gasteiger charge is -2.31. The normalized spacial score (nSPS) is 20.0. The van der Waals surface area contributed by atoms with E-state index in [0.29, 0.717) is 12.8 Å². The van der Waals surface area contributed by atoms with Gasteiger partial charge in [0, 0.05) is 13.1 Å². The SMILES string of the molecule is Cl.NC1(C(=O)Nc2ncn(CC(=O)N3CCCCCC3)n2)CCCCC1. The fourth-order valence-electron chi connectivity index (χ4n) is 3.62. The van der Waals surface area contributed by atoms with Gasteiger partial charge in [0.15, 0.2) is 0 Å². The van der Waals surface area contributed by atoms with Gasteiger partial charge in [-0.15, -0.1) is 17.5 Å². The summed E-state index contributed by atoms with van der Waals surface area (Å²) in [7, 11) is 0. The summed E-state index contributed by atoms with van der Waals surface area (Å²) in [4.78, 5) is 30.8. The number of likely N-dealkylation sites (tertiary alicyclic amines) is 1. The maximum absolute atomic E-state index is 12.4. The molecule has 0 radical (unpaired) electrons. The molecule has 1 saturated heterocycles. The molecule has 1 aromatic heterocycles.